The Kier molecular flexibility index (Phi) is 21.3. The minimum Gasteiger partial charge on any atom is -0.0654 e. The second-order valence-corrected chi connectivity index (χ2v) is 0.500. The largest absolute Gasteiger partial charge is 0.0654 e. The zero-order valence-corrected chi connectivity index (χ0v) is 3.97. The maximum atomic E-state index is 3.49. The second-order valence-electron chi connectivity index (χ2n) is 0.500. The summed E-state index contributed by atoms with van der Waals surface area (Å²) in [7, 11) is 0. The monoisotopic (exact) mass is 98.0 g/mol. The van der Waals surface area contributed by atoms with Gasteiger partial charge in [0.1, 0.15) is 0 Å². The number of hydrogen-bond donors (Lipinski definition) is 0. The van der Waals surface area contributed by atoms with E-state index >= 15 is 0 Å². The van der Waals surface area contributed by atoms with Crippen LogP contribution in [0.5, 0.6) is 0 Å². The molecule has 0 fully saturated rings. The molecule has 1 heteroatoms. The van der Waals surface area contributed by atoms with E-state index in [0.717, 1.165) is 6.42 Å². The van der Waals surface area contributed by atoms with Gasteiger partial charge in [-0.1, -0.05) is 20.3 Å². The molecule has 4 heavy (non-hydrogen) atoms. The summed E-state index contributed by atoms with van der Waals surface area (Å²) in [5.41, 5.74) is 0. The molecular formula is C3H7Mn. The van der Waals surface area contributed by atoms with Crippen LogP contribution in [0, 0.1) is 6.92 Å². The van der Waals surface area contributed by atoms with Crippen LogP contribution in [-0.2, 0) is 17.1 Å². The molecule has 0 aromatic heterocycles. The van der Waals surface area contributed by atoms with E-state index in [1.807, 2.05) is 6.92 Å². The van der Waals surface area contributed by atoms with E-state index in [-0.39, 0.29) is 17.1 Å². The summed E-state index contributed by atoms with van der Waals surface area (Å²) in [5.74, 6) is 0. The third-order valence-electron chi connectivity index (χ3n) is 0. The van der Waals surface area contributed by atoms with Crippen molar-refractivity contribution in [1.29, 1.82) is 0 Å². The molecule has 0 aliphatic heterocycles. The summed E-state index contributed by atoms with van der Waals surface area (Å²) in [6.45, 7) is 5.50. The van der Waals surface area contributed by atoms with Gasteiger partial charge in [0.15, 0.2) is 0 Å². The topological polar surface area (TPSA) is 0 Å². The zero-order chi connectivity index (χ0) is 2.71. The first kappa shape index (κ1) is 8.82. The molecule has 0 aromatic carbocycles. The molecule has 0 rings (SSSR count). The van der Waals surface area contributed by atoms with Gasteiger partial charge in [0.25, 0.3) is 0 Å². The standard InChI is InChI=1S/C3H7.Mn/c1-3-2;/h1,3H2,2H3;. The molecule has 0 atom stereocenters. The Morgan fingerprint density at radius 1 is 1.75 bits per heavy atom. The van der Waals surface area contributed by atoms with Crippen molar-refractivity contribution < 1.29 is 17.1 Å². The summed E-state index contributed by atoms with van der Waals surface area (Å²) in [6, 6.07) is 0. The van der Waals surface area contributed by atoms with Crippen LogP contribution in [0.15, 0.2) is 0 Å². The van der Waals surface area contributed by atoms with Crippen LogP contribution in [0.2, 0.25) is 0 Å². The van der Waals surface area contributed by atoms with Gasteiger partial charge in [0, 0.05) is 17.1 Å². The minimum absolute atomic E-state index is 0. The first-order valence-electron chi connectivity index (χ1n) is 1.21. The minimum atomic E-state index is 0. The Labute approximate surface area is 38.1 Å². The van der Waals surface area contributed by atoms with E-state index in [4.69, 9.17) is 0 Å². The predicted octanol–water partition coefficient (Wildman–Crippen LogP) is 1.23. The maximum absolute atomic E-state index is 3.49. The van der Waals surface area contributed by atoms with Crippen LogP contribution < -0.4 is 0 Å². The molecule has 26 valence electrons. The molecule has 0 aliphatic rings. The molecule has 0 heterocycles. The van der Waals surface area contributed by atoms with Gasteiger partial charge in [0.2, 0.25) is 0 Å². The molecule has 0 unspecified atom stereocenters. The SMILES string of the molecule is [CH2]CC.[Mn]. The Balaban J connectivity index is 0. The van der Waals surface area contributed by atoms with Crippen LogP contribution in [0.3, 0.4) is 0 Å². The Hall–Kier alpha value is 0.519. The Bertz CT molecular complexity index is 3.25. The number of hydrogen-bond acceptors (Lipinski definition) is 0. The van der Waals surface area contributed by atoms with Gasteiger partial charge < -0.3 is 0 Å². The molecule has 0 saturated heterocycles. The summed E-state index contributed by atoms with van der Waals surface area (Å²) < 4.78 is 0. The first-order valence-corrected chi connectivity index (χ1v) is 1.21. The van der Waals surface area contributed by atoms with Gasteiger partial charge in [0.05, 0.1) is 0 Å². The predicted molar refractivity (Wildman–Crippen MR) is 15.6 cm³/mol. The summed E-state index contributed by atoms with van der Waals surface area (Å²) in [6.07, 6.45) is 1.00. The normalized spacial score (nSPS) is 4.50. The summed E-state index contributed by atoms with van der Waals surface area (Å²) >= 11 is 0. The van der Waals surface area contributed by atoms with E-state index < -0.39 is 0 Å². The van der Waals surface area contributed by atoms with Crippen LogP contribution >= 0.6 is 0 Å². The third-order valence-corrected chi connectivity index (χ3v) is 0. The summed E-state index contributed by atoms with van der Waals surface area (Å²) in [4.78, 5) is 0. The van der Waals surface area contributed by atoms with Crippen molar-refractivity contribution >= 4 is 0 Å². The molecule has 0 aliphatic carbocycles. The van der Waals surface area contributed by atoms with Gasteiger partial charge in [-0.3, -0.25) is 0 Å². The van der Waals surface area contributed by atoms with Crippen molar-refractivity contribution in [3.05, 3.63) is 6.92 Å². The molecule has 0 N–H and O–H groups in total. The van der Waals surface area contributed by atoms with Gasteiger partial charge in [-0.2, -0.15) is 0 Å². The fraction of sp³-hybridized carbons (Fsp3) is 0.667. The second kappa shape index (κ2) is 9.68. The average molecular weight is 98.0 g/mol. The van der Waals surface area contributed by atoms with Crippen molar-refractivity contribution in [2.24, 2.45) is 0 Å². The van der Waals surface area contributed by atoms with E-state index in [1.165, 1.54) is 0 Å². The summed E-state index contributed by atoms with van der Waals surface area (Å²) in [5, 5.41) is 0. The molecule has 0 spiro atoms. The quantitative estimate of drug-likeness (QED) is 0.399. The Morgan fingerprint density at radius 3 is 1.75 bits per heavy atom. The van der Waals surface area contributed by atoms with E-state index in [0.29, 0.717) is 0 Å². The molecule has 0 amide bonds. The Morgan fingerprint density at radius 2 is 1.75 bits per heavy atom. The van der Waals surface area contributed by atoms with Crippen LogP contribution in [-0.4, -0.2) is 0 Å². The first-order chi connectivity index (χ1) is 1.41. The third kappa shape index (κ3) is 21.6. The van der Waals surface area contributed by atoms with Crippen molar-refractivity contribution in [2.75, 3.05) is 0 Å². The molecule has 0 bridgehead atoms. The van der Waals surface area contributed by atoms with Gasteiger partial charge in [-0.05, 0) is 0 Å². The van der Waals surface area contributed by atoms with Gasteiger partial charge in [-0.25, -0.2) is 0 Å². The molecule has 0 nitrogen and oxygen atoms in total. The van der Waals surface area contributed by atoms with E-state index in [9.17, 15) is 0 Å². The number of rotatable bonds is 0. The van der Waals surface area contributed by atoms with Crippen molar-refractivity contribution in [2.45, 2.75) is 13.3 Å². The van der Waals surface area contributed by atoms with Gasteiger partial charge >= 0.3 is 0 Å². The smallest absolute Gasteiger partial charge is 0 e. The fourth-order valence-corrected chi connectivity index (χ4v) is 0. The van der Waals surface area contributed by atoms with Crippen LogP contribution in [0.25, 0.3) is 0 Å². The molecular weight excluding hydrogens is 91.0 g/mol. The van der Waals surface area contributed by atoms with Crippen LogP contribution in [0.4, 0.5) is 0 Å². The molecule has 0 aromatic rings. The zero-order valence-electron chi connectivity index (χ0n) is 2.79. The van der Waals surface area contributed by atoms with Crippen molar-refractivity contribution in [3.8, 4) is 0 Å². The van der Waals surface area contributed by atoms with Crippen molar-refractivity contribution in [1.82, 2.24) is 0 Å². The maximum Gasteiger partial charge on any atom is 0 e. The van der Waals surface area contributed by atoms with E-state index in [1.54, 1.807) is 0 Å². The van der Waals surface area contributed by atoms with Gasteiger partial charge in [-0.15, -0.1) is 0 Å². The average Bonchev–Trinajstić information content (AvgIpc) is 0.918. The molecule has 0 saturated carbocycles. The van der Waals surface area contributed by atoms with E-state index in [2.05, 4.69) is 6.92 Å². The molecule has 2 radical (unpaired) electrons. The fourth-order valence-electron chi connectivity index (χ4n) is 0. The van der Waals surface area contributed by atoms with Crippen LogP contribution in [0.1, 0.15) is 13.3 Å². The van der Waals surface area contributed by atoms with Crippen molar-refractivity contribution in [3.63, 3.8) is 0 Å².